The highest BCUT2D eigenvalue weighted by atomic mass is 16.5. The molecule has 1 saturated carbocycles. The molecule has 4 aromatic rings. The molecule has 1 aromatic heterocycles. The van der Waals surface area contributed by atoms with Gasteiger partial charge in [0.05, 0.1) is 20.6 Å². The molecule has 5 rings (SSSR count). The lowest BCUT2D eigenvalue weighted by molar-refractivity contribution is -0.127. The average Bonchev–Trinajstić information content (AvgIpc) is 3.42. The van der Waals surface area contributed by atoms with Gasteiger partial charge in [0, 0.05) is 34.4 Å². The number of benzene rings is 3. The maximum absolute atomic E-state index is 14.4. The van der Waals surface area contributed by atoms with Gasteiger partial charge >= 0.3 is 0 Å². The lowest BCUT2D eigenvalue weighted by atomic mass is 9.94. The molecule has 0 radical (unpaired) electrons. The third-order valence-electron chi connectivity index (χ3n) is 8.02. The zero-order valence-corrected chi connectivity index (χ0v) is 24.3. The molecule has 8 nitrogen and oxygen atoms in total. The van der Waals surface area contributed by atoms with Gasteiger partial charge in [-0.25, -0.2) is 0 Å². The first-order valence-electron chi connectivity index (χ1n) is 14.4. The number of aromatic amines is 1. The lowest BCUT2D eigenvalue weighted by Crippen LogP contribution is -2.47. The van der Waals surface area contributed by atoms with Crippen molar-refractivity contribution in [1.29, 1.82) is 0 Å². The summed E-state index contributed by atoms with van der Waals surface area (Å²) in [5, 5.41) is 4.19. The summed E-state index contributed by atoms with van der Waals surface area (Å²) in [6.07, 6.45) is 6.99. The van der Waals surface area contributed by atoms with E-state index >= 15 is 0 Å². The Hall–Kier alpha value is -4.59. The standard InChI is InChI=1S/C34H37N3O5/c1-22(38)23-13-16-27(17-14-23)37(32(39)20-25-21-35-29-12-8-7-11-28(25)29)33(34(40)36-26-9-5-4-6-10-26)24-15-18-30(41-2)31(19-24)42-3/h7-8,11-19,21,26,33,35H,4-6,9-10,20H2,1-3H3,(H,36,40)/t33-/m0/s1. The Bertz CT molecular complexity index is 1570. The molecule has 8 heteroatoms. The maximum atomic E-state index is 14.4. The van der Waals surface area contributed by atoms with E-state index in [4.69, 9.17) is 9.47 Å². The molecular weight excluding hydrogens is 530 g/mol. The minimum atomic E-state index is -0.993. The number of ether oxygens (including phenoxy) is 2. The molecule has 3 aromatic carbocycles. The minimum Gasteiger partial charge on any atom is -0.493 e. The fraction of sp³-hybridized carbons (Fsp3) is 0.324. The van der Waals surface area contributed by atoms with Crippen LogP contribution in [0.3, 0.4) is 0 Å². The van der Waals surface area contributed by atoms with E-state index in [-0.39, 0.29) is 30.1 Å². The van der Waals surface area contributed by atoms with Crippen LogP contribution in [0.25, 0.3) is 10.9 Å². The number of hydrogen-bond donors (Lipinski definition) is 2. The third kappa shape index (κ3) is 6.17. The number of H-pyrrole nitrogens is 1. The van der Waals surface area contributed by atoms with Gasteiger partial charge in [-0.15, -0.1) is 0 Å². The van der Waals surface area contributed by atoms with Crippen LogP contribution in [0, 0.1) is 0 Å². The van der Waals surface area contributed by atoms with Gasteiger partial charge in [0.1, 0.15) is 6.04 Å². The Labute approximate surface area is 246 Å². The summed E-state index contributed by atoms with van der Waals surface area (Å²) in [6, 6.07) is 19.0. The quantitative estimate of drug-likeness (QED) is 0.224. The number of nitrogens with one attached hydrogen (secondary N) is 2. The van der Waals surface area contributed by atoms with Crippen molar-refractivity contribution < 1.29 is 23.9 Å². The third-order valence-corrected chi connectivity index (χ3v) is 8.02. The number of para-hydroxylation sites is 1. The number of carbonyl (C=O) groups excluding carboxylic acids is 3. The van der Waals surface area contributed by atoms with Crippen molar-refractivity contribution in [3.8, 4) is 11.5 Å². The van der Waals surface area contributed by atoms with Gasteiger partial charge in [-0.2, -0.15) is 0 Å². The zero-order chi connectivity index (χ0) is 29.6. The Balaban J connectivity index is 1.61. The maximum Gasteiger partial charge on any atom is 0.248 e. The molecule has 1 aliphatic rings. The van der Waals surface area contributed by atoms with Crippen LogP contribution in [0.15, 0.2) is 72.9 Å². The van der Waals surface area contributed by atoms with E-state index < -0.39 is 6.04 Å². The van der Waals surface area contributed by atoms with E-state index in [1.165, 1.54) is 6.92 Å². The van der Waals surface area contributed by atoms with E-state index in [0.717, 1.165) is 48.6 Å². The second-order valence-corrected chi connectivity index (χ2v) is 10.8. The van der Waals surface area contributed by atoms with Crippen LogP contribution >= 0.6 is 0 Å². The number of Topliss-reactive ketones (excluding diaryl/α,β-unsaturated/α-hetero) is 1. The SMILES string of the molecule is COc1ccc([C@@H](C(=O)NC2CCCCC2)N(C(=O)Cc2c[nH]c3ccccc23)c2ccc(C(C)=O)cc2)cc1OC. The van der Waals surface area contributed by atoms with Gasteiger partial charge in [-0.05, 0) is 73.4 Å². The van der Waals surface area contributed by atoms with Crippen molar-refractivity contribution in [1.82, 2.24) is 10.3 Å². The molecule has 1 atom stereocenters. The summed E-state index contributed by atoms with van der Waals surface area (Å²) in [4.78, 5) is 45.4. The van der Waals surface area contributed by atoms with E-state index in [1.54, 1.807) is 61.6 Å². The summed E-state index contributed by atoms with van der Waals surface area (Å²) >= 11 is 0. The molecule has 0 saturated heterocycles. The van der Waals surface area contributed by atoms with E-state index in [9.17, 15) is 14.4 Å². The van der Waals surface area contributed by atoms with Gasteiger partial charge in [0.25, 0.3) is 0 Å². The summed E-state index contributed by atoms with van der Waals surface area (Å²) in [5.41, 5.74) is 3.40. The number of ketones is 1. The second-order valence-electron chi connectivity index (χ2n) is 10.8. The fourth-order valence-electron chi connectivity index (χ4n) is 5.79. The van der Waals surface area contributed by atoms with Crippen molar-refractivity contribution >= 4 is 34.2 Å². The van der Waals surface area contributed by atoms with Crippen LogP contribution in [0.4, 0.5) is 5.69 Å². The summed E-state index contributed by atoms with van der Waals surface area (Å²) in [5.74, 6) is 0.382. The molecule has 0 unspecified atom stereocenters. The van der Waals surface area contributed by atoms with Crippen LogP contribution in [-0.2, 0) is 16.0 Å². The molecular formula is C34H37N3O5. The minimum absolute atomic E-state index is 0.0413. The number of nitrogens with zero attached hydrogens (tertiary/aromatic N) is 1. The van der Waals surface area contributed by atoms with E-state index in [2.05, 4.69) is 10.3 Å². The molecule has 42 heavy (non-hydrogen) atoms. The molecule has 2 N–H and O–H groups in total. The normalized spacial score (nSPS) is 14.3. The van der Waals surface area contributed by atoms with Gasteiger partial charge in [-0.1, -0.05) is 43.5 Å². The topological polar surface area (TPSA) is 101 Å². The number of fused-ring (bicyclic) bond motifs is 1. The van der Waals surface area contributed by atoms with Gasteiger partial charge in [0.15, 0.2) is 17.3 Å². The van der Waals surface area contributed by atoms with Crippen LogP contribution in [0.2, 0.25) is 0 Å². The van der Waals surface area contributed by atoms with Crippen molar-refractivity contribution in [2.45, 2.75) is 57.5 Å². The predicted molar refractivity (Wildman–Crippen MR) is 163 cm³/mol. The number of hydrogen-bond acceptors (Lipinski definition) is 5. The number of anilines is 1. The monoisotopic (exact) mass is 567 g/mol. The highest BCUT2D eigenvalue weighted by Crippen LogP contribution is 2.36. The van der Waals surface area contributed by atoms with Gasteiger partial charge in [0.2, 0.25) is 11.8 Å². The number of carbonyl (C=O) groups is 3. The van der Waals surface area contributed by atoms with Crippen molar-refractivity contribution in [3.63, 3.8) is 0 Å². The summed E-state index contributed by atoms with van der Waals surface area (Å²) < 4.78 is 11.0. The van der Waals surface area contributed by atoms with Gasteiger partial charge in [-0.3, -0.25) is 19.3 Å². The second kappa shape index (κ2) is 12.9. The molecule has 0 bridgehead atoms. The molecule has 1 aliphatic carbocycles. The summed E-state index contributed by atoms with van der Waals surface area (Å²) in [6.45, 7) is 1.50. The first-order chi connectivity index (χ1) is 20.4. The van der Waals surface area contributed by atoms with Crippen LogP contribution in [0.1, 0.15) is 66.6 Å². The fourth-order valence-corrected chi connectivity index (χ4v) is 5.79. The molecule has 1 fully saturated rings. The largest absolute Gasteiger partial charge is 0.493 e. The first kappa shape index (κ1) is 28.9. The molecule has 0 spiro atoms. The van der Waals surface area contributed by atoms with E-state index in [0.29, 0.717) is 28.3 Å². The van der Waals surface area contributed by atoms with Crippen molar-refractivity contribution in [2.75, 3.05) is 19.1 Å². The van der Waals surface area contributed by atoms with E-state index in [1.807, 2.05) is 30.5 Å². The lowest BCUT2D eigenvalue weighted by Gasteiger charge is -2.34. The predicted octanol–water partition coefficient (Wildman–Crippen LogP) is 6.15. The molecule has 0 aliphatic heterocycles. The highest BCUT2D eigenvalue weighted by Gasteiger charge is 2.35. The molecule has 218 valence electrons. The smallest absolute Gasteiger partial charge is 0.248 e. The molecule has 1 heterocycles. The van der Waals surface area contributed by atoms with Crippen LogP contribution < -0.4 is 19.7 Å². The number of amides is 2. The number of aromatic nitrogens is 1. The number of methoxy groups -OCH3 is 2. The van der Waals surface area contributed by atoms with Crippen molar-refractivity contribution in [2.24, 2.45) is 0 Å². The number of rotatable bonds is 10. The summed E-state index contributed by atoms with van der Waals surface area (Å²) in [7, 11) is 3.09. The first-order valence-corrected chi connectivity index (χ1v) is 14.4. The van der Waals surface area contributed by atoms with Crippen molar-refractivity contribution in [3.05, 3.63) is 89.6 Å². The Morgan fingerprint density at radius 1 is 0.929 bits per heavy atom. The Morgan fingerprint density at radius 3 is 2.33 bits per heavy atom. The zero-order valence-electron chi connectivity index (χ0n) is 24.3. The average molecular weight is 568 g/mol. The Kier molecular flexibility index (Phi) is 8.91. The van der Waals surface area contributed by atoms with Crippen LogP contribution in [-0.4, -0.2) is 42.8 Å². The van der Waals surface area contributed by atoms with Crippen LogP contribution in [0.5, 0.6) is 11.5 Å². The molecule has 2 amide bonds. The van der Waals surface area contributed by atoms with Gasteiger partial charge < -0.3 is 19.8 Å². The Morgan fingerprint density at radius 2 is 1.64 bits per heavy atom. The highest BCUT2D eigenvalue weighted by molar-refractivity contribution is 6.04.